The average Bonchev–Trinajstić information content (AvgIpc) is 2.36. The molecule has 0 radical (unpaired) electrons. The van der Waals surface area contributed by atoms with Gasteiger partial charge in [0.1, 0.15) is 6.07 Å². The molecule has 1 aromatic rings. The number of nitrogens with zero attached hydrogens (tertiary/aromatic N) is 1. The second-order valence-corrected chi connectivity index (χ2v) is 2.88. The third-order valence-electron chi connectivity index (χ3n) is 1.97. The van der Waals surface area contributed by atoms with Crippen LogP contribution in [0, 0.1) is 11.3 Å². The topological polar surface area (TPSA) is 59.3 Å². The monoisotopic (exact) mass is 217 g/mol. The maximum Gasteiger partial charge on any atom is 0.352 e. The summed E-state index contributed by atoms with van der Waals surface area (Å²) < 4.78 is 9.58. The summed E-state index contributed by atoms with van der Waals surface area (Å²) in [5.41, 5.74) is 0.517. The van der Waals surface area contributed by atoms with E-state index in [-0.39, 0.29) is 11.3 Å². The zero-order chi connectivity index (χ0) is 12.0. The second-order valence-electron chi connectivity index (χ2n) is 2.88. The van der Waals surface area contributed by atoms with E-state index in [0.29, 0.717) is 5.56 Å². The number of benzene rings is 1. The van der Waals surface area contributed by atoms with Gasteiger partial charge in [0.2, 0.25) is 0 Å². The molecule has 0 bridgehead atoms. The molecule has 0 amide bonds. The Morgan fingerprint density at radius 2 is 1.81 bits per heavy atom. The van der Waals surface area contributed by atoms with Gasteiger partial charge in [0.15, 0.2) is 11.3 Å². The van der Waals surface area contributed by atoms with Crippen molar-refractivity contribution in [3.63, 3.8) is 0 Å². The third kappa shape index (κ3) is 2.39. The standard InChI is InChI=1S/C12H11NO3/c1-15-11(9-6-4-3-5-7-9)10(8-13)12(14)16-2/h3-7H,1-2H3/b11-10-. The summed E-state index contributed by atoms with van der Waals surface area (Å²) in [5, 5.41) is 8.90. The van der Waals surface area contributed by atoms with Crippen LogP contribution in [-0.2, 0) is 14.3 Å². The van der Waals surface area contributed by atoms with Crippen molar-refractivity contribution in [2.24, 2.45) is 0 Å². The highest BCUT2D eigenvalue weighted by Crippen LogP contribution is 2.19. The molecule has 0 aliphatic carbocycles. The summed E-state index contributed by atoms with van der Waals surface area (Å²) in [4.78, 5) is 11.3. The molecule has 4 heteroatoms. The lowest BCUT2D eigenvalue weighted by Crippen LogP contribution is -2.07. The Morgan fingerprint density at radius 3 is 2.25 bits per heavy atom. The summed E-state index contributed by atoms with van der Waals surface area (Å²) in [7, 11) is 2.63. The molecule has 1 rings (SSSR count). The van der Waals surface area contributed by atoms with Crippen LogP contribution in [0.4, 0.5) is 0 Å². The van der Waals surface area contributed by atoms with E-state index < -0.39 is 5.97 Å². The molecule has 0 spiro atoms. The molecule has 0 N–H and O–H groups in total. The molecule has 0 aromatic heterocycles. The van der Waals surface area contributed by atoms with Gasteiger partial charge < -0.3 is 9.47 Å². The minimum absolute atomic E-state index is 0.142. The predicted molar refractivity (Wildman–Crippen MR) is 58.0 cm³/mol. The van der Waals surface area contributed by atoms with E-state index in [9.17, 15) is 4.79 Å². The molecule has 4 nitrogen and oxygen atoms in total. The normalized spacial score (nSPS) is 11.1. The van der Waals surface area contributed by atoms with E-state index in [2.05, 4.69) is 4.74 Å². The quantitative estimate of drug-likeness (QED) is 0.335. The lowest BCUT2D eigenvalue weighted by Gasteiger charge is -2.07. The molecular formula is C12H11NO3. The highest BCUT2D eigenvalue weighted by atomic mass is 16.5. The van der Waals surface area contributed by atoms with Crippen LogP contribution >= 0.6 is 0 Å². The van der Waals surface area contributed by atoms with Crippen LogP contribution in [0.25, 0.3) is 5.76 Å². The Kier molecular flexibility index (Phi) is 4.10. The molecule has 0 atom stereocenters. The molecule has 16 heavy (non-hydrogen) atoms. The zero-order valence-electron chi connectivity index (χ0n) is 9.06. The maximum atomic E-state index is 11.3. The first kappa shape index (κ1) is 11.8. The number of methoxy groups -OCH3 is 2. The summed E-state index contributed by atoms with van der Waals surface area (Å²) in [6, 6.07) is 10.7. The number of rotatable bonds is 3. The highest BCUT2D eigenvalue weighted by molar-refractivity contribution is 6.00. The molecule has 0 heterocycles. The van der Waals surface area contributed by atoms with Crippen LogP contribution in [0.3, 0.4) is 0 Å². The molecule has 82 valence electrons. The SMILES string of the molecule is COC(=O)/C(C#N)=C(\OC)c1ccccc1. The van der Waals surface area contributed by atoms with Crippen LogP contribution in [0.1, 0.15) is 5.56 Å². The van der Waals surface area contributed by atoms with E-state index in [0.717, 1.165) is 0 Å². The van der Waals surface area contributed by atoms with Gasteiger partial charge in [-0.25, -0.2) is 4.79 Å². The van der Waals surface area contributed by atoms with Crippen LogP contribution in [0.15, 0.2) is 35.9 Å². The van der Waals surface area contributed by atoms with Gasteiger partial charge in [-0.1, -0.05) is 30.3 Å². The maximum absolute atomic E-state index is 11.3. The number of nitriles is 1. The Morgan fingerprint density at radius 1 is 1.19 bits per heavy atom. The number of ether oxygens (including phenoxy) is 2. The smallest absolute Gasteiger partial charge is 0.352 e. The average molecular weight is 217 g/mol. The summed E-state index contributed by atoms with van der Waals surface area (Å²) in [5.74, 6) is -0.488. The van der Waals surface area contributed by atoms with E-state index in [1.807, 2.05) is 6.07 Å². The lowest BCUT2D eigenvalue weighted by atomic mass is 10.1. The van der Waals surface area contributed by atoms with Gasteiger partial charge in [-0.3, -0.25) is 0 Å². The van der Waals surface area contributed by atoms with Gasteiger partial charge in [0, 0.05) is 5.56 Å². The second kappa shape index (κ2) is 5.56. The molecular weight excluding hydrogens is 206 g/mol. The van der Waals surface area contributed by atoms with E-state index >= 15 is 0 Å². The van der Waals surface area contributed by atoms with E-state index in [1.165, 1.54) is 14.2 Å². The minimum atomic E-state index is -0.705. The fourth-order valence-corrected chi connectivity index (χ4v) is 1.24. The molecule has 0 fully saturated rings. The van der Waals surface area contributed by atoms with Crippen LogP contribution in [0.5, 0.6) is 0 Å². The predicted octanol–water partition coefficient (Wildman–Crippen LogP) is 1.74. The van der Waals surface area contributed by atoms with E-state index in [4.69, 9.17) is 10.00 Å². The Hall–Kier alpha value is -2.28. The van der Waals surface area contributed by atoms with Crippen molar-refractivity contribution in [2.75, 3.05) is 14.2 Å². The van der Waals surface area contributed by atoms with Gasteiger partial charge in [-0.2, -0.15) is 5.26 Å². The Balaban J connectivity index is 3.29. The van der Waals surface area contributed by atoms with Crippen molar-refractivity contribution >= 4 is 11.7 Å². The Labute approximate surface area is 93.7 Å². The molecule has 0 aliphatic rings. The first-order valence-corrected chi connectivity index (χ1v) is 4.56. The van der Waals surface area contributed by atoms with E-state index in [1.54, 1.807) is 30.3 Å². The van der Waals surface area contributed by atoms with Gasteiger partial charge in [0.05, 0.1) is 14.2 Å². The van der Waals surface area contributed by atoms with Crippen molar-refractivity contribution < 1.29 is 14.3 Å². The van der Waals surface area contributed by atoms with Crippen LogP contribution in [0.2, 0.25) is 0 Å². The molecule has 1 aromatic carbocycles. The first-order chi connectivity index (χ1) is 7.74. The number of hydrogen-bond acceptors (Lipinski definition) is 4. The van der Waals surface area contributed by atoms with Gasteiger partial charge >= 0.3 is 5.97 Å². The van der Waals surface area contributed by atoms with Gasteiger partial charge in [0.25, 0.3) is 0 Å². The fraction of sp³-hybridized carbons (Fsp3) is 0.167. The molecule has 0 saturated carbocycles. The first-order valence-electron chi connectivity index (χ1n) is 4.56. The fourth-order valence-electron chi connectivity index (χ4n) is 1.24. The van der Waals surface area contributed by atoms with Crippen LogP contribution < -0.4 is 0 Å². The number of hydrogen-bond donors (Lipinski definition) is 0. The minimum Gasteiger partial charge on any atom is -0.494 e. The molecule has 0 saturated heterocycles. The number of carbonyl (C=O) groups excluding carboxylic acids is 1. The molecule has 0 unspecified atom stereocenters. The Bertz CT molecular complexity index is 443. The van der Waals surface area contributed by atoms with Gasteiger partial charge in [-0.05, 0) is 0 Å². The summed E-state index contributed by atoms with van der Waals surface area (Å²) >= 11 is 0. The third-order valence-corrected chi connectivity index (χ3v) is 1.97. The molecule has 0 aliphatic heterocycles. The zero-order valence-corrected chi connectivity index (χ0v) is 9.06. The van der Waals surface area contributed by atoms with Crippen LogP contribution in [-0.4, -0.2) is 20.2 Å². The van der Waals surface area contributed by atoms with Crippen molar-refractivity contribution in [3.05, 3.63) is 41.5 Å². The highest BCUT2D eigenvalue weighted by Gasteiger charge is 2.17. The lowest BCUT2D eigenvalue weighted by molar-refractivity contribution is -0.135. The summed E-state index contributed by atoms with van der Waals surface area (Å²) in [6.45, 7) is 0. The van der Waals surface area contributed by atoms with Crippen molar-refractivity contribution in [1.82, 2.24) is 0 Å². The van der Waals surface area contributed by atoms with Gasteiger partial charge in [-0.15, -0.1) is 0 Å². The summed E-state index contributed by atoms with van der Waals surface area (Å²) in [6.07, 6.45) is 0. The van der Waals surface area contributed by atoms with Crippen molar-refractivity contribution in [2.45, 2.75) is 0 Å². The van der Waals surface area contributed by atoms with Crippen molar-refractivity contribution in [3.8, 4) is 6.07 Å². The number of esters is 1. The largest absolute Gasteiger partial charge is 0.494 e. The number of carbonyl (C=O) groups is 1. The van der Waals surface area contributed by atoms with Crippen molar-refractivity contribution in [1.29, 1.82) is 5.26 Å².